The van der Waals surface area contributed by atoms with Gasteiger partial charge in [-0.25, -0.2) is 9.97 Å². The lowest BCUT2D eigenvalue weighted by Gasteiger charge is -2.24. The van der Waals surface area contributed by atoms with E-state index < -0.39 is 0 Å². The van der Waals surface area contributed by atoms with Crippen molar-refractivity contribution in [3.05, 3.63) is 53.9 Å². The number of hydrogen-bond donors (Lipinski definition) is 1. The van der Waals surface area contributed by atoms with Gasteiger partial charge in [0.2, 0.25) is 5.91 Å². The fourth-order valence-corrected chi connectivity index (χ4v) is 3.32. The number of hydrogen-bond acceptors (Lipinski definition) is 5. The van der Waals surface area contributed by atoms with Crippen LogP contribution >= 0.6 is 0 Å². The van der Waals surface area contributed by atoms with Crippen molar-refractivity contribution in [3.63, 3.8) is 0 Å². The third-order valence-corrected chi connectivity index (χ3v) is 4.58. The zero-order chi connectivity index (χ0) is 18.3. The van der Waals surface area contributed by atoms with Crippen LogP contribution in [0.1, 0.15) is 49.2 Å². The molecule has 0 radical (unpaired) electrons. The number of pyridine rings is 1. The van der Waals surface area contributed by atoms with Crippen molar-refractivity contribution < 1.29 is 4.79 Å². The van der Waals surface area contributed by atoms with Crippen LogP contribution in [0.2, 0.25) is 0 Å². The number of carbonyl (C=O) groups is 1. The molecule has 0 saturated heterocycles. The molecule has 0 unspecified atom stereocenters. The first-order chi connectivity index (χ1) is 12.5. The maximum Gasteiger partial charge on any atom is 0.226 e. The van der Waals surface area contributed by atoms with E-state index in [1.165, 1.54) is 0 Å². The van der Waals surface area contributed by atoms with Crippen molar-refractivity contribution >= 4 is 11.7 Å². The van der Waals surface area contributed by atoms with Gasteiger partial charge in [-0.15, -0.1) is 0 Å². The molecule has 1 N–H and O–H groups in total. The second kappa shape index (κ2) is 6.33. The Kier molecular flexibility index (Phi) is 3.99. The van der Waals surface area contributed by atoms with Gasteiger partial charge >= 0.3 is 0 Å². The average molecular weight is 348 g/mol. The highest BCUT2D eigenvalue weighted by Crippen LogP contribution is 2.42. The van der Waals surface area contributed by atoms with Crippen molar-refractivity contribution in [1.29, 1.82) is 0 Å². The number of rotatable bonds is 3. The highest BCUT2D eigenvalue weighted by atomic mass is 16.1. The van der Waals surface area contributed by atoms with Crippen LogP contribution in [0, 0.1) is 0 Å². The predicted molar refractivity (Wildman–Crippen MR) is 97.6 cm³/mol. The number of amides is 1. The molecule has 0 fully saturated rings. The van der Waals surface area contributed by atoms with E-state index in [4.69, 9.17) is 4.98 Å². The van der Waals surface area contributed by atoms with E-state index >= 15 is 0 Å². The minimum absolute atomic E-state index is 0.0343. The Morgan fingerprint density at radius 3 is 2.85 bits per heavy atom. The maximum atomic E-state index is 12.3. The summed E-state index contributed by atoms with van der Waals surface area (Å²) in [6.07, 6.45) is 5.62. The molecule has 4 rings (SSSR count). The third kappa shape index (κ3) is 2.75. The van der Waals surface area contributed by atoms with Crippen LogP contribution in [0.15, 0.2) is 36.8 Å². The van der Waals surface area contributed by atoms with Crippen molar-refractivity contribution in [1.82, 2.24) is 24.7 Å². The van der Waals surface area contributed by atoms with Gasteiger partial charge in [0.15, 0.2) is 0 Å². The molecule has 3 aromatic rings. The molecule has 132 valence electrons. The Morgan fingerprint density at radius 2 is 2.12 bits per heavy atom. The van der Waals surface area contributed by atoms with Gasteiger partial charge in [0.1, 0.15) is 11.6 Å². The zero-order valence-corrected chi connectivity index (χ0v) is 15.0. The molecule has 0 spiro atoms. The molecule has 0 aromatic carbocycles. The summed E-state index contributed by atoms with van der Waals surface area (Å²) in [6, 6.07) is 5.75. The molecule has 3 aromatic heterocycles. The van der Waals surface area contributed by atoms with Crippen LogP contribution in [0.3, 0.4) is 0 Å². The third-order valence-electron chi connectivity index (χ3n) is 4.58. The van der Waals surface area contributed by atoms with Crippen LogP contribution < -0.4 is 5.32 Å². The fraction of sp³-hybridized carbons (Fsp3) is 0.316. The van der Waals surface area contributed by atoms with Crippen molar-refractivity contribution in [2.45, 2.75) is 32.1 Å². The largest absolute Gasteiger partial charge is 0.311 e. The molecule has 26 heavy (non-hydrogen) atoms. The Morgan fingerprint density at radius 1 is 1.27 bits per heavy atom. The molecule has 1 amide bonds. The molecule has 4 heterocycles. The summed E-state index contributed by atoms with van der Waals surface area (Å²) in [5, 5.41) is 7.60. The summed E-state index contributed by atoms with van der Waals surface area (Å²) in [5.41, 5.74) is 3.57. The molecule has 7 heteroatoms. The molecular weight excluding hydrogens is 328 g/mol. The quantitative estimate of drug-likeness (QED) is 0.786. The molecule has 1 aliphatic rings. The van der Waals surface area contributed by atoms with E-state index in [0.29, 0.717) is 6.42 Å². The van der Waals surface area contributed by atoms with E-state index in [0.717, 1.165) is 34.2 Å². The molecule has 0 bridgehead atoms. The highest BCUT2D eigenvalue weighted by Gasteiger charge is 2.34. The molecule has 1 aliphatic heterocycles. The van der Waals surface area contributed by atoms with E-state index in [-0.39, 0.29) is 17.7 Å². The monoisotopic (exact) mass is 348 g/mol. The highest BCUT2D eigenvalue weighted by molar-refractivity contribution is 5.96. The number of aromatic nitrogens is 5. The van der Waals surface area contributed by atoms with Gasteiger partial charge in [0.05, 0.1) is 11.4 Å². The van der Waals surface area contributed by atoms with Crippen molar-refractivity contribution in [2.75, 3.05) is 5.32 Å². The van der Waals surface area contributed by atoms with Gasteiger partial charge in [-0.1, -0.05) is 13.8 Å². The number of fused-ring (bicyclic) bond motifs is 1. The molecule has 0 aliphatic carbocycles. The minimum Gasteiger partial charge on any atom is -0.311 e. The summed E-state index contributed by atoms with van der Waals surface area (Å²) in [4.78, 5) is 25.6. The summed E-state index contributed by atoms with van der Waals surface area (Å²) < 4.78 is 1.71. The first kappa shape index (κ1) is 16.4. The number of aryl methyl sites for hydroxylation is 1. The van der Waals surface area contributed by atoms with Crippen LogP contribution in [0.4, 0.5) is 5.82 Å². The van der Waals surface area contributed by atoms with Crippen LogP contribution in [0.5, 0.6) is 0 Å². The Labute approximate surface area is 151 Å². The Balaban J connectivity index is 1.90. The second-order valence-electron chi connectivity index (χ2n) is 6.78. The van der Waals surface area contributed by atoms with Gasteiger partial charge in [0, 0.05) is 55.0 Å². The fourth-order valence-electron chi connectivity index (χ4n) is 3.32. The predicted octanol–water partition coefficient (Wildman–Crippen LogP) is 2.87. The number of carbonyl (C=O) groups excluding carboxylic acids is 1. The Hall–Kier alpha value is -3.09. The van der Waals surface area contributed by atoms with Gasteiger partial charge < -0.3 is 5.32 Å². The molecule has 0 saturated carbocycles. The molecule has 1 atom stereocenters. The van der Waals surface area contributed by atoms with Crippen molar-refractivity contribution in [3.8, 4) is 11.3 Å². The smallest absolute Gasteiger partial charge is 0.226 e. The molecule has 7 nitrogen and oxygen atoms in total. The lowest BCUT2D eigenvalue weighted by atomic mass is 9.87. The topological polar surface area (TPSA) is 85.6 Å². The van der Waals surface area contributed by atoms with Crippen LogP contribution in [-0.2, 0) is 11.8 Å². The van der Waals surface area contributed by atoms with Crippen LogP contribution in [0.25, 0.3) is 11.3 Å². The van der Waals surface area contributed by atoms with Gasteiger partial charge in [0.25, 0.3) is 0 Å². The minimum atomic E-state index is -0.164. The molecular formula is C19H20N6O. The van der Waals surface area contributed by atoms with Gasteiger partial charge in [-0.2, -0.15) is 5.10 Å². The summed E-state index contributed by atoms with van der Waals surface area (Å²) in [7, 11) is 1.83. The average Bonchev–Trinajstić information content (AvgIpc) is 2.98. The van der Waals surface area contributed by atoms with E-state index in [1.54, 1.807) is 23.3 Å². The standard InChI is InChI=1S/C19H20N6O/c1-11(2)18-21-8-6-14(22-18)13-9-15(26)23-19-16(13)17(24-25(19)3)12-5-4-7-20-10-12/h4-8,10-11,13H,9H2,1-3H3,(H,23,26)/t13-/m1/s1. The van der Waals surface area contributed by atoms with Gasteiger partial charge in [-0.3, -0.25) is 14.5 Å². The SMILES string of the molecule is CC(C)c1nccc([C@H]2CC(=O)Nc3c2c(-c2cccnc2)nn3C)n1. The summed E-state index contributed by atoms with van der Waals surface area (Å²) in [5.74, 6) is 1.52. The summed E-state index contributed by atoms with van der Waals surface area (Å²) in [6.45, 7) is 4.12. The Bertz CT molecular complexity index is 963. The first-order valence-corrected chi connectivity index (χ1v) is 8.64. The van der Waals surface area contributed by atoms with E-state index in [2.05, 4.69) is 34.2 Å². The normalized spacial score (nSPS) is 16.5. The number of nitrogens with one attached hydrogen (secondary N) is 1. The lowest BCUT2D eigenvalue weighted by Crippen LogP contribution is -2.25. The first-order valence-electron chi connectivity index (χ1n) is 8.64. The number of anilines is 1. The van der Waals surface area contributed by atoms with Crippen molar-refractivity contribution in [2.24, 2.45) is 7.05 Å². The van der Waals surface area contributed by atoms with E-state index in [9.17, 15) is 4.79 Å². The summed E-state index contributed by atoms with van der Waals surface area (Å²) >= 11 is 0. The van der Waals surface area contributed by atoms with Gasteiger partial charge in [-0.05, 0) is 18.2 Å². The second-order valence-corrected chi connectivity index (χ2v) is 6.78. The number of nitrogens with zero attached hydrogens (tertiary/aromatic N) is 5. The maximum absolute atomic E-state index is 12.3. The van der Waals surface area contributed by atoms with E-state index in [1.807, 2.05) is 25.2 Å². The lowest BCUT2D eigenvalue weighted by molar-refractivity contribution is -0.116. The zero-order valence-electron chi connectivity index (χ0n) is 15.0. The van der Waals surface area contributed by atoms with Crippen LogP contribution in [-0.4, -0.2) is 30.6 Å².